The molecular formula is C13H18ClNOS. The van der Waals surface area contributed by atoms with Gasteiger partial charge in [-0.25, -0.2) is 0 Å². The highest BCUT2D eigenvalue weighted by Crippen LogP contribution is 2.18. The zero-order valence-corrected chi connectivity index (χ0v) is 11.6. The Balaban J connectivity index is 2.29. The average molecular weight is 272 g/mol. The summed E-state index contributed by atoms with van der Waals surface area (Å²) in [6, 6.07) is 8.57. The first-order valence-electron chi connectivity index (χ1n) is 5.53. The van der Waals surface area contributed by atoms with Crippen LogP contribution in [0.25, 0.3) is 0 Å². The van der Waals surface area contributed by atoms with E-state index in [1.165, 1.54) is 10.5 Å². The van der Waals surface area contributed by atoms with Crippen LogP contribution in [-0.2, 0) is 11.3 Å². The summed E-state index contributed by atoms with van der Waals surface area (Å²) in [6.07, 6.45) is 1.94. The predicted octanol–water partition coefficient (Wildman–Crippen LogP) is 3.27. The molecule has 4 heteroatoms. The monoisotopic (exact) mass is 271 g/mol. The van der Waals surface area contributed by atoms with Gasteiger partial charge in [0.25, 0.3) is 0 Å². The summed E-state index contributed by atoms with van der Waals surface area (Å²) in [6.45, 7) is 2.52. The van der Waals surface area contributed by atoms with E-state index in [-0.39, 0.29) is 0 Å². The smallest absolute Gasteiger partial charge is 0.0587 e. The molecule has 0 bridgehead atoms. The minimum atomic E-state index is 0.749. The number of hydrogen-bond donors (Lipinski definition) is 1. The lowest BCUT2D eigenvalue weighted by Crippen LogP contribution is -2.18. The molecule has 1 aromatic rings. The van der Waals surface area contributed by atoms with Gasteiger partial charge in [0.15, 0.2) is 0 Å². The van der Waals surface area contributed by atoms with Crippen molar-refractivity contribution in [1.29, 1.82) is 0 Å². The van der Waals surface area contributed by atoms with Gasteiger partial charge in [0.05, 0.1) is 6.61 Å². The van der Waals surface area contributed by atoms with E-state index in [0.29, 0.717) is 0 Å². The number of thioether (sulfide) groups is 1. The van der Waals surface area contributed by atoms with Crippen molar-refractivity contribution in [2.24, 2.45) is 0 Å². The number of methoxy groups -OCH3 is 1. The molecule has 1 rings (SSSR count). The Kier molecular flexibility index (Phi) is 8.18. The van der Waals surface area contributed by atoms with E-state index in [1.807, 2.05) is 6.08 Å². The first kappa shape index (κ1) is 14.6. The van der Waals surface area contributed by atoms with E-state index in [0.717, 1.165) is 25.4 Å². The van der Waals surface area contributed by atoms with Gasteiger partial charge in [0, 0.05) is 36.4 Å². The lowest BCUT2D eigenvalue weighted by Gasteiger charge is -2.05. The molecule has 17 heavy (non-hydrogen) atoms. The summed E-state index contributed by atoms with van der Waals surface area (Å²) >= 11 is 7.24. The Labute approximate surface area is 112 Å². The molecule has 0 spiro atoms. The Hall–Kier alpha value is -0.480. The highest BCUT2D eigenvalue weighted by molar-refractivity contribution is 7.99. The van der Waals surface area contributed by atoms with Crippen molar-refractivity contribution < 1.29 is 4.74 Å². The molecule has 0 saturated heterocycles. The van der Waals surface area contributed by atoms with Crippen LogP contribution < -0.4 is 5.32 Å². The molecular weight excluding hydrogens is 254 g/mol. The SMILES string of the molecule is COCCNCc1ccc(SC/C=C/Cl)cc1. The van der Waals surface area contributed by atoms with Crippen molar-refractivity contribution in [1.82, 2.24) is 5.32 Å². The van der Waals surface area contributed by atoms with Gasteiger partial charge in [0.1, 0.15) is 0 Å². The molecule has 0 atom stereocenters. The minimum Gasteiger partial charge on any atom is -0.383 e. The highest BCUT2D eigenvalue weighted by Gasteiger charge is 1.94. The third-order valence-electron chi connectivity index (χ3n) is 2.17. The number of rotatable bonds is 8. The van der Waals surface area contributed by atoms with Crippen molar-refractivity contribution in [2.45, 2.75) is 11.4 Å². The second kappa shape index (κ2) is 9.54. The molecule has 0 aliphatic rings. The molecule has 2 nitrogen and oxygen atoms in total. The molecule has 0 aromatic heterocycles. The summed E-state index contributed by atoms with van der Waals surface area (Å²) < 4.78 is 4.97. The normalized spacial score (nSPS) is 11.2. The van der Waals surface area contributed by atoms with E-state index < -0.39 is 0 Å². The van der Waals surface area contributed by atoms with Crippen LogP contribution in [0.15, 0.2) is 40.8 Å². The minimum absolute atomic E-state index is 0.749. The highest BCUT2D eigenvalue weighted by atomic mass is 35.5. The Bertz CT molecular complexity index is 327. The van der Waals surface area contributed by atoms with Crippen LogP contribution in [0, 0.1) is 0 Å². The van der Waals surface area contributed by atoms with Crippen molar-refractivity contribution in [3.8, 4) is 0 Å². The maximum Gasteiger partial charge on any atom is 0.0587 e. The fraction of sp³-hybridized carbons (Fsp3) is 0.385. The molecule has 0 heterocycles. The van der Waals surface area contributed by atoms with Crippen LogP contribution in [0.5, 0.6) is 0 Å². The van der Waals surface area contributed by atoms with Crippen molar-refractivity contribution in [2.75, 3.05) is 26.0 Å². The van der Waals surface area contributed by atoms with Crippen molar-refractivity contribution in [3.63, 3.8) is 0 Å². The standard InChI is InChI=1S/C13H18ClNOS/c1-16-9-8-15-11-12-3-5-13(6-4-12)17-10-2-7-14/h2-7,15H,8-11H2,1H3/b7-2+. The molecule has 0 amide bonds. The summed E-state index contributed by atoms with van der Waals surface area (Å²) in [5.74, 6) is 0.912. The third kappa shape index (κ3) is 6.74. The lowest BCUT2D eigenvalue weighted by atomic mass is 10.2. The summed E-state index contributed by atoms with van der Waals surface area (Å²) in [4.78, 5) is 1.26. The van der Waals surface area contributed by atoms with Crippen LogP contribution in [0.3, 0.4) is 0 Å². The van der Waals surface area contributed by atoms with Gasteiger partial charge in [-0.15, -0.1) is 11.8 Å². The number of nitrogens with one attached hydrogen (secondary N) is 1. The summed E-state index contributed by atoms with van der Waals surface area (Å²) in [5, 5.41) is 3.31. The van der Waals surface area contributed by atoms with Gasteiger partial charge in [0.2, 0.25) is 0 Å². The number of hydrogen-bond acceptors (Lipinski definition) is 3. The van der Waals surface area contributed by atoms with E-state index in [2.05, 4.69) is 29.6 Å². The quantitative estimate of drug-likeness (QED) is 0.579. The van der Waals surface area contributed by atoms with E-state index >= 15 is 0 Å². The fourth-order valence-corrected chi connectivity index (χ4v) is 2.20. The molecule has 1 N–H and O–H groups in total. The second-order valence-electron chi connectivity index (χ2n) is 3.49. The zero-order valence-electron chi connectivity index (χ0n) is 9.99. The Morgan fingerprint density at radius 1 is 1.35 bits per heavy atom. The van der Waals surface area contributed by atoms with Crippen molar-refractivity contribution in [3.05, 3.63) is 41.4 Å². The van der Waals surface area contributed by atoms with Gasteiger partial charge in [-0.3, -0.25) is 0 Å². The Morgan fingerprint density at radius 3 is 2.76 bits per heavy atom. The Morgan fingerprint density at radius 2 is 2.12 bits per heavy atom. The molecule has 94 valence electrons. The molecule has 0 aliphatic heterocycles. The molecule has 1 aromatic carbocycles. The van der Waals surface area contributed by atoms with E-state index in [4.69, 9.17) is 16.3 Å². The maximum atomic E-state index is 5.46. The van der Waals surface area contributed by atoms with Crippen LogP contribution >= 0.6 is 23.4 Å². The van der Waals surface area contributed by atoms with Gasteiger partial charge < -0.3 is 10.1 Å². The zero-order chi connectivity index (χ0) is 12.3. The van der Waals surface area contributed by atoms with Crippen molar-refractivity contribution >= 4 is 23.4 Å². The van der Waals surface area contributed by atoms with Crippen LogP contribution in [0.2, 0.25) is 0 Å². The van der Waals surface area contributed by atoms with Crippen LogP contribution in [-0.4, -0.2) is 26.0 Å². The lowest BCUT2D eigenvalue weighted by molar-refractivity contribution is 0.199. The second-order valence-corrected chi connectivity index (χ2v) is 4.83. The van der Waals surface area contributed by atoms with Crippen LogP contribution in [0.1, 0.15) is 5.56 Å². The number of halogens is 1. The topological polar surface area (TPSA) is 21.3 Å². The van der Waals surface area contributed by atoms with E-state index in [1.54, 1.807) is 24.4 Å². The molecule has 0 saturated carbocycles. The number of benzene rings is 1. The molecule has 0 fully saturated rings. The molecule has 0 radical (unpaired) electrons. The van der Waals surface area contributed by atoms with Gasteiger partial charge >= 0.3 is 0 Å². The average Bonchev–Trinajstić information content (AvgIpc) is 2.37. The fourth-order valence-electron chi connectivity index (χ4n) is 1.29. The first-order chi connectivity index (χ1) is 8.36. The summed E-state index contributed by atoms with van der Waals surface area (Å²) in [5.41, 5.74) is 2.85. The predicted molar refractivity (Wildman–Crippen MR) is 75.7 cm³/mol. The third-order valence-corrected chi connectivity index (χ3v) is 3.31. The van der Waals surface area contributed by atoms with E-state index in [9.17, 15) is 0 Å². The molecule has 0 aliphatic carbocycles. The van der Waals surface area contributed by atoms with Crippen LogP contribution in [0.4, 0.5) is 0 Å². The number of ether oxygens (including phenoxy) is 1. The first-order valence-corrected chi connectivity index (χ1v) is 6.95. The van der Waals surface area contributed by atoms with Gasteiger partial charge in [-0.2, -0.15) is 0 Å². The van der Waals surface area contributed by atoms with Gasteiger partial charge in [-0.05, 0) is 17.7 Å². The maximum absolute atomic E-state index is 5.46. The summed E-state index contributed by atoms with van der Waals surface area (Å²) in [7, 11) is 1.71. The largest absolute Gasteiger partial charge is 0.383 e. The van der Waals surface area contributed by atoms with Gasteiger partial charge in [-0.1, -0.05) is 29.8 Å². The molecule has 0 unspecified atom stereocenters.